The van der Waals surface area contributed by atoms with E-state index in [0.717, 1.165) is 18.8 Å². The molecule has 0 aliphatic carbocycles. The molecule has 2 rings (SSSR count). The van der Waals surface area contributed by atoms with Crippen LogP contribution < -0.4 is 9.13 Å². The minimum Gasteiger partial charge on any atom is -0.748 e. The van der Waals surface area contributed by atoms with Crippen LogP contribution >= 0.6 is 0 Å². The molecule has 0 fully saturated rings. The van der Waals surface area contributed by atoms with Crippen LogP contribution in [-0.4, -0.2) is 37.4 Å². The largest absolute Gasteiger partial charge is 0.748 e. The number of nitrogens with zero attached hydrogens (tertiary/aromatic N) is 2. The van der Waals surface area contributed by atoms with E-state index in [1.165, 1.54) is 0 Å². The molecule has 0 amide bonds. The first-order chi connectivity index (χ1) is 12.6. The Morgan fingerprint density at radius 1 is 0.667 bits per heavy atom. The summed E-state index contributed by atoms with van der Waals surface area (Å²) in [6.45, 7) is 7.00. The summed E-state index contributed by atoms with van der Waals surface area (Å²) in [5.74, 6) is -0.958. The van der Waals surface area contributed by atoms with Crippen LogP contribution in [0.4, 0.5) is 0 Å². The molecule has 0 saturated carbocycles. The standard InChI is InChI=1S/C11H12N2.2C3H6O3S/c1-3-7-12(8-4-1)11-13-9-5-2-6-10-13;2*1-2-3-7(4,5)6/h1-10H,11H2;2*2H,1,3H2,(H,4,5,6)/q+2;;/p-2. The third-order valence-electron chi connectivity index (χ3n) is 2.53. The lowest BCUT2D eigenvalue weighted by Gasteiger charge is -1.98. The van der Waals surface area contributed by atoms with Crippen LogP contribution in [0, 0.1) is 0 Å². The van der Waals surface area contributed by atoms with Crippen molar-refractivity contribution in [3.8, 4) is 0 Å². The van der Waals surface area contributed by atoms with Crippen molar-refractivity contribution in [2.45, 2.75) is 6.67 Å². The van der Waals surface area contributed by atoms with Gasteiger partial charge in [-0.2, -0.15) is 0 Å². The monoisotopic (exact) mass is 414 g/mol. The zero-order valence-electron chi connectivity index (χ0n) is 14.6. The zero-order valence-corrected chi connectivity index (χ0v) is 16.3. The second-order valence-electron chi connectivity index (χ2n) is 4.95. The average Bonchev–Trinajstić information content (AvgIpc) is 2.56. The molecule has 2 heterocycles. The van der Waals surface area contributed by atoms with Crippen molar-refractivity contribution in [2.75, 3.05) is 11.5 Å². The lowest BCUT2D eigenvalue weighted by atomic mass is 10.5. The molecule has 0 aliphatic rings. The van der Waals surface area contributed by atoms with Crippen LogP contribution in [0.15, 0.2) is 86.5 Å². The number of pyridine rings is 2. The predicted octanol–water partition coefficient (Wildman–Crippen LogP) is 0.203. The fraction of sp³-hybridized carbons (Fsp3) is 0.176. The Labute approximate surface area is 160 Å². The van der Waals surface area contributed by atoms with E-state index in [0.29, 0.717) is 0 Å². The van der Waals surface area contributed by atoms with Crippen LogP contribution in [0.5, 0.6) is 0 Å². The Balaban J connectivity index is 0.000000416. The summed E-state index contributed by atoms with van der Waals surface area (Å²) in [5, 5.41) is 0. The normalized spacial score (nSPS) is 10.4. The maximum Gasteiger partial charge on any atom is 0.343 e. The van der Waals surface area contributed by atoms with E-state index in [4.69, 9.17) is 0 Å². The summed E-state index contributed by atoms with van der Waals surface area (Å²) < 4.78 is 61.9. The van der Waals surface area contributed by atoms with Crippen LogP contribution in [0.25, 0.3) is 0 Å². The lowest BCUT2D eigenvalue weighted by molar-refractivity contribution is -0.913. The van der Waals surface area contributed by atoms with Gasteiger partial charge < -0.3 is 9.11 Å². The first kappa shape index (κ1) is 24.6. The van der Waals surface area contributed by atoms with Crippen molar-refractivity contribution in [3.63, 3.8) is 0 Å². The highest BCUT2D eigenvalue weighted by atomic mass is 32.2. The molecular formula is C17H22N2O6S2. The molecule has 0 bridgehead atoms. The Hall–Kier alpha value is -2.40. The number of hydrogen-bond acceptors (Lipinski definition) is 6. The molecule has 0 aliphatic heterocycles. The van der Waals surface area contributed by atoms with Crippen LogP contribution in [0.2, 0.25) is 0 Å². The first-order valence-electron chi connectivity index (χ1n) is 7.54. The number of rotatable bonds is 6. The van der Waals surface area contributed by atoms with Crippen molar-refractivity contribution >= 4 is 20.2 Å². The molecular weight excluding hydrogens is 392 g/mol. The second kappa shape index (κ2) is 12.9. The summed E-state index contributed by atoms with van der Waals surface area (Å²) in [5.41, 5.74) is 0. The molecule has 0 atom stereocenters. The van der Waals surface area contributed by atoms with Gasteiger partial charge in [0.2, 0.25) is 0 Å². The molecule has 0 N–H and O–H groups in total. The molecule has 0 saturated heterocycles. The third kappa shape index (κ3) is 16.8. The topological polar surface area (TPSA) is 122 Å². The number of hydrogen-bond donors (Lipinski definition) is 0. The molecule has 0 radical (unpaired) electrons. The fourth-order valence-electron chi connectivity index (χ4n) is 1.53. The van der Waals surface area contributed by atoms with Gasteiger partial charge in [0, 0.05) is 24.3 Å². The Kier molecular flexibility index (Phi) is 11.7. The van der Waals surface area contributed by atoms with E-state index in [9.17, 15) is 25.9 Å². The van der Waals surface area contributed by atoms with Crippen molar-refractivity contribution in [1.29, 1.82) is 0 Å². The van der Waals surface area contributed by atoms with Crippen LogP contribution in [-0.2, 0) is 26.9 Å². The number of aromatic nitrogens is 2. The van der Waals surface area contributed by atoms with Crippen molar-refractivity contribution in [2.24, 2.45) is 0 Å². The smallest absolute Gasteiger partial charge is 0.343 e. The molecule has 0 spiro atoms. The Morgan fingerprint density at radius 3 is 1.15 bits per heavy atom. The van der Waals surface area contributed by atoms with E-state index >= 15 is 0 Å². The van der Waals surface area contributed by atoms with Gasteiger partial charge in [0.05, 0.1) is 31.7 Å². The van der Waals surface area contributed by atoms with Gasteiger partial charge in [-0.1, -0.05) is 24.3 Å². The van der Waals surface area contributed by atoms with Gasteiger partial charge in [0.25, 0.3) is 0 Å². The Bertz CT molecular complexity index is 808. The van der Waals surface area contributed by atoms with Gasteiger partial charge in [0.15, 0.2) is 24.8 Å². The van der Waals surface area contributed by atoms with Gasteiger partial charge in [-0.05, 0) is 0 Å². The summed E-state index contributed by atoms with van der Waals surface area (Å²) in [6.07, 6.45) is 10.3. The average molecular weight is 415 g/mol. The summed E-state index contributed by atoms with van der Waals surface area (Å²) in [4.78, 5) is 0. The minimum atomic E-state index is -4.04. The molecule has 2 aromatic rings. The molecule has 2 aromatic heterocycles. The fourth-order valence-corrected chi connectivity index (χ4v) is 2.11. The SMILES string of the molecule is C=CCS(=O)(=O)[O-].C=CCS(=O)(=O)[O-].c1cc[n+](C[n+]2ccccc2)cc1. The maximum absolute atomic E-state index is 9.60. The molecule has 148 valence electrons. The van der Waals surface area contributed by atoms with Gasteiger partial charge in [-0.3, -0.25) is 0 Å². The predicted molar refractivity (Wildman–Crippen MR) is 98.2 cm³/mol. The van der Waals surface area contributed by atoms with Crippen molar-refractivity contribution in [3.05, 3.63) is 86.5 Å². The summed E-state index contributed by atoms with van der Waals surface area (Å²) in [6, 6.07) is 12.2. The molecule has 8 nitrogen and oxygen atoms in total. The summed E-state index contributed by atoms with van der Waals surface area (Å²) in [7, 11) is -8.08. The molecule has 0 aromatic carbocycles. The van der Waals surface area contributed by atoms with E-state index in [2.05, 4.69) is 47.1 Å². The summed E-state index contributed by atoms with van der Waals surface area (Å²) >= 11 is 0. The highest BCUT2D eigenvalue weighted by Gasteiger charge is 2.03. The quantitative estimate of drug-likeness (QED) is 0.378. The van der Waals surface area contributed by atoms with Crippen molar-refractivity contribution in [1.82, 2.24) is 0 Å². The lowest BCUT2D eigenvalue weighted by Crippen LogP contribution is -2.50. The van der Waals surface area contributed by atoms with E-state index in [-0.39, 0.29) is 0 Å². The molecule has 27 heavy (non-hydrogen) atoms. The zero-order chi connectivity index (χ0) is 20.8. The second-order valence-corrected chi connectivity index (χ2v) is 7.84. The first-order valence-corrected chi connectivity index (χ1v) is 10.7. The van der Waals surface area contributed by atoms with Crippen molar-refractivity contribution < 1.29 is 35.1 Å². The van der Waals surface area contributed by atoms with Gasteiger partial charge in [-0.15, -0.1) is 22.3 Å². The van der Waals surface area contributed by atoms with Gasteiger partial charge >= 0.3 is 6.67 Å². The Morgan fingerprint density at radius 2 is 0.963 bits per heavy atom. The molecule has 10 heteroatoms. The maximum atomic E-state index is 9.60. The highest BCUT2D eigenvalue weighted by Crippen LogP contribution is 1.79. The van der Waals surface area contributed by atoms with Crippen LogP contribution in [0.3, 0.4) is 0 Å². The van der Waals surface area contributed by atoms with E-state index in [1.807, 2.05) is 36.4 Å². The van der Waals surface area contributed by atoms with E-state index < -0.39 is 31.7 Å². The van der Waals surface area contributed by atoms with Gasteiger partial charge in [0.1, 0.15) is 0 Å². The van der Waals surface area contributed by atoms with E-state index in [1.54, 1.807) is 0 Å². The highest BCUT2D eigenvalue weighted by molar-refractivity contribution is 7.86. The third-order valence-corrected chi connectivity index (χ3v) is 3.81. The van der Waals surface area contributed by atoms with Crippen LogP contribution in [0.1, 0.15) is 0 Å². The molecule has 0 unspecified atom stereocenters. The van der Waals surface area contributed by atoms with Gasteiger partial charge in [-0.25, -0.2) is 16.8 Å². The minimum absolute atomic E-state index is 0.479.